The molecular weight excluding hydrogens is 374 g/mol. The van der Waals surface area contributed by atoms with Crippen LogP contribution in [0.5, 0.6) is 0 Å². The van der Waals surface area contributed by atoms with Crippen LogP contribution in [0.3, 0.4) is 0 Å². The lowest BCUT2D eigenvalue weighted by Crippen LogP contribution is -2.29. The molecule has 3 aromatic rings. The zero-order valence-electron chi connectivity index (χ0n) is 17.0. The summed E-state index contributed by atoms with van der Waals surface area (Å²) in [5.41, 5.74) is 4.24. The maximum Gasteiger partial charge on any atom is 0.295 e. The number of ketones is 1. The van der Waals surface area contributed by atoms with Gasteiger partial charge in [0.25, 0.3) is 11.7 Å². The molecule has 0 aromatic heterocycles. The molecule has 1 N–H and O–H groups in total. The van der Waals surface area contributed by atoms with E-state index in [0.717, 1.165) is 22.3 Å². The van der Waals surface area contributed by atoms with Gasteiger partial charge in [-0.1, -0.05) is 78.4 Å². The van der Waals surface area contributed by atoms with E-state index < -0.39 is 17.7 Å². The van der Waals surface area contributed by atoms with Crippen molar-refractivity contribution in [2.24, 2.45) is 0 Å². The average Bonchev–Trinajstić information content (AvgIpc) is 3.01. The number of aliphatic hydroxyl groups excluding tert-OH is 1. The van der Waals surface area contributed by atoms with Crippen molar-refractivity contribution in [3.05, 3.63) is 112 Å². The Morgan fingerprint density at radius 1 is 0.900 bits per heavy atom. The fourth-order valence-electron chi connectivity index (χ4n) is 3.94. The van der Waals surface area contributed by atoms with Crippen LogP contribution < -0.4 is 0 Å². The lowest BCUT2D eigenvalue weighted by molar-refractivity contribution is -0.140. The molecule has 3 aromatic carbocycles. The van der Waals surface area contributed by atoms with Crippen molar-refractivity contribution in [1.29, 1.82) is 0 Å². The normalized spacial score (nSPS) is 18.1. The number of aliphatic hydroxyl groups is 1. The molecule has 4 rings (SSSR count). The molecule has 1 unspecified atom stereocenters. The van der Waals surface area contributed by atoms with Gasteiger partial charge in [0.2, 0.25) is 0 Å². The van der Waals surface area contributed by atoms with E-state index in [0.29, 0.717) is 5.56 Å². The van der Waals surface area contributed by atoms with Gasteiger partial charge in [-0.05, 0) is 36.6 Å². The third kappa shape index (κ3) is 3.52. The maximum absolute atomic E-state index is 13.1. The number of benzene rings is 3. The second-order valence-corrected chi connectivity index (χ2v) is 7.64. The lowest BCUT2D eigenvalue weighted by Gasteiger charge is -2.25. The van der Waals surface area contributed by atoms with Gasteiger partial charge in [0, 0.05) is 12.1 Å². The fourth-order valence-corrected chi connectivity index (χ4v) is 3.94. The summed E-state index contributed by atoms with van der Waals surface area (Å²) < 4.78 is 0. The van der Waals surface area contributed by atoms with Gasteiger partial charge in [-0.15, -0.1) is 0 Å². The van der Waals surface area contributed by atoms with E-state index in [1.54, 1.807) is 4.90 Å². The van der Waals surface area contributed by atoms with Crippen LogP contribution in [-0.4, -0.2) is 21.7 Å². The zero-order valence-corrected chi connectivity index (χ0v) is 17.0. The molecule has 1 aliphatic rings. The van der Waals surface area contributed by atoms with E-state index in [-0.39, 0.29) is 17.9 Å². The molecule has 4 nitrogen and oxygen atoms in total. The Kier molecular flexibility index (Phi) is 5.23. The molecule has 0 spiro atoms. The van der Waals surface area contributed by atoms with Crippen molar-refractivity contribution >= 4 is 17.4 Å². The Morgan fingerprint density at radius 3 is 2.20 bits per heavy atom. The monoisotopic (exact) mass is 397 g/mol. The Labute approximate surface area is 176 Å². The van der Waals surface area contributed by atoms with E-state index in [1.165, 1.54) is 0 Å². The highest BCUT2D eigenvalue weighted by molar-refractivity contribution is 6.46. The molecular formula is C26H23NO3. The largest absolute Gasteiger partial charge is 0.507 e. The number of aryl methyl sites for hydroxylation is 2. The number of amides is 1. The molecule has 1 amide bonds. The summed E-state index contributed by atoms with van der Waals surface area (Å²) in [6, 6.07) is 24.0. The predicted molar refractivity (Wildman–Crippen MR) is 117 cm³/mol. The second kappa shape index (κ2) is 7.99. The molecule has 0 aliphatic carbocycles. The van der Waals surface area contributed by atoms with E-state index in [2.05, 4.69) is 0 Å². The smallest absolute Gasteiger partial charge is 0.295 e. The van der Waals surface area contributed by atoms with Gasteiger partial charge in [-0.25, -0.2) is 0 Å². The molecule has 4 heteroatoms. The number of hydrogen-bond donors (Lipinski definition) is 1. The minimum absolute atomic E-state index is 0.126. The van der Waals surface area contributed by atoms with Crippen molar-refractivity contribution in [3.63, 3.8) is 0 Å². The number of Topliss-reactive ketones (excluding diaryl/α,β-unsaturated/α-hetero) is 1. The summed E-state index contributed by atoms with van der Waals surface area (Å²) >= 11 is 0. The quantitative estimate of drug-likeness (QED) is 0.386. The van der Waals surface area contributed by atoms with Gasteiger partial charge in [-0.3, -0.25) is 9.59 Å². The minimum atomic E-state index is -0.654. The van der Waals surface area contributed by atoms with Gasteiger partial charge < -0.3 is 10.0 Å². The van der Waals surface area contributed by atoms with Crippen LogP contribution in [0, 0.1) is 13.8 Å². The third-order valence-corrected chi connectivity index (χ3v) is 5.50. The molecule has 1 heterocycles. The summed E-state index contributed by atoms with van der Waals surface area (Å²) in [5, 5.41) is 11.2. The van der Waals surface area contributed by atoms with Crippen LogP contribution in [0.4, 0.5) is 0 Å². The molecule has 30 heavy (non-hydrogen) atoms. The van der Waals surface area contributed by atoms with Crippen LogP contribution in [0.15, 0.2) is 84.4 Å². The fraction of sp³-hybridized carbons (Fsp3) is 0.154. The summed E-state index contributed by atoms with van der Waals surface area (Å²) in [7, 11) is 0. The summed E-state index contributed by atoms with van der Waals surface area (Å²) in [4.78, 5) is 27.7. The molecule has 150 valence electrons. The third-order valence-electron chi connectivity index (χ3n) is 5.50. The number of likely N-dealkylation sites (tertiary alicyclic amines) is 1. The first-order valence-corrected chi connectivity index (χ1v) is 9.92. The highest BCUT2D eigenvalue weighted by atomic mass is 16.3. The van der Waals surface area contributed by atoms with E-state index in [4.69, 9.17) is 0 Å². The Hall–Kier alpha value is -3.66. The maximum atomic E-state index is 13.1. The Morgan fingerprint density at radius 2 is 1.53 bits per heavy atom. The first-order valence-electron chi connectivity index (χ1n) is 9.92. The van der Waals surface area contributed by atoms with E-state index in [1.807, 2.05) is 92.7 Å². The minimum Gasteiger partial charge on any atom is -0.507 e. The lowest BCUT2D eigenvalue weighted by atomic mass is 9.93. The van der Waals surface area contributed by atoms with Crippen LogP contribution in [-0.2, 0) is 16.1 Å². The van der Waals surface area contributed by atoms with Crippen LogP contribution in [0.25, 0.3) is 5.76 Å². The second-order valence-electron chi connectivity index (χ2n) is 7.64. The van der Waals surface area contributed by atoms with Gasteiger partial charge >= 0.3 is 0 Å². The highest BCUT2D eigenvalue weighted by Gasteiger charge is 2.46. The van der Waals surface area contributed by atoms with Crippen molar-refractivity contribution in [3.8, 4) is 0 Å². The van der Waals surface area contributed by atoms with Crippen molar-refractivity contribution < 1.29 is 14.7 Å². The SMILES string of the molecule is Cc1ccc(C)c(/C(O)=C2\C(=O)C(=O)N(Cc3ccccc3)C2c2ccccc2)c1. The highest BCUT2D eigenvalue weighted by Crippen LogP contribution is 2.40. The number of carbonyl (C=O) groups is 2. The molecule has 1 aliphatic heterocycles. The molecule has 0 radical (unpaired) electrons. The molecule has 0 bridgehead atoms. The average molecular weight is 397 g/mol. The standard InChI is InChI=1S/C26H23NO3/c1-17-13-14-18(2)21(15-17)24(28)22-23(20-11-7-4-8-12-20)27(26(30)25(22)29)16-19-9-5-3-6-10-19/h3-15,23,28H,16H2,1-2H3/b24-22+. The van der Waals surface area contributed by atoms with Crippen molar-refractivity contribution in [1.82, 2.24) is 4.90 Å². The molecule has 1 saturated heterocycles. The van der Waals surface area contributed by atoms with Crippen molar-refractivity contribution in [2.45, 2.75) is 26.4 Å². The number of hydrogen-bond acceptors (Lipinski definition) is 3. The van der Waals surface area contributed by atoms with Gasteiger partial charge in [0.1, 0.15) is 5.76 Å². The summed E-state index contributed by atoms with van der Waals surface area (Å²) in [6.45, 7) is 4.10. The van der Waals surface area contributed by atoms with Gasteiger partial charge in [-0.2, -0.15) is 0 Å². The topological polar surface area (TPSA) is 57.6 Å². The van der Waals surface area contributed by atoms with Gasteiger partial charge in [0.15, 0.2) is 0 Å². The van der Waals surface area contributed by atoms with E-state index in [9.17, 15) is 14.7 Å². The predicted octanol–water partition coefficient (Wildman–Crippen LogP) is 4.93. The summed E-state index contributed by atoms with van der Waals surface area (Å²) in [5.74, 6) is -1.38. The number of rotatable bonds is 4. The van der Waals surface area contributed by atoms with Crippen LogP contribution >= 0.6 is 0 Å². The van der Waals surface area contributed by atoms with Crippen LogP contribution in [0.1, 0.15) is 33.9 Å². The Balaban J connectivity index is 1.89. The van der Waals surface area contributed by atoms with Crippen molar-refractivity contribution in [2.75, 3.05) is 0 Å². The van der Waals surface area contributed by atoms with Crippen LogP contribution in [0.2, 0.25) is 0 Å². The number of nitrogens with zero attached hydrogens (tertiary/aromatic N) is 1. The number of carbonyl (C=O) groups excluding carboxylic acids is 2. The molecule has 1 atom stereocenters. The first-order chi connectivity index (χ1) is 14.5. The molecule has 1 fully saturated rings. The first kappa shape index (κ1) is 19.6. The summed E-state index contributed by atoms with van der Waals surface area (Å²) in [6.07, 6.45) is 0. The van der Waals surface area contributed by atoms with Gasteiger partial charge in [0.05, 0.1) is 11.6 Å². The Bertz CT molecular complexity index is 1130. The van der Waals surface area contributed by atoms with E-state index >= 15 is 0 Å². The molecule has 0 saturated carbocycles. The zero-order chi connectivity index (χ0) is 21.3.